The molecule has 6 heteroatoms. The number of rotatable bonds is 7. The molecule has 3 rings (SSSR count). The van der Waals surface area contributed by atoms with Crippen molar-refractivity contribution in [1.82, 2.24) is 0 Å². The van der Waals surface area contributed by atoms with Gasteiger partial charge < -0.3 is 10.1 Å². The number of carbonyl (C=O) groups excluding carboxylic acids is 2. The summed E-state index contributed by atoms with van der Waals surface area (Å²) >= 11 is 3.22. The fraction of sp³-hybridized carbons (Fsp3) is 0.520. The van der Waals surface area contributed by atoms with Crippen LogP contribution in [0.25, 0.3) is 0 Å². The molecule has 0 radical (unpaired) electrons. The van der Waals surface area contributed by atoms with Crippen LogP contribution in [0.2, 0.25) is 0 Å². The zero-order chi connectivity index (χ0) is 22.6. The van der Waals surface area contributed by atoms with Crippen LogP contribution in [-0.4, -0.2) is 24.2 Å². The van der Waals surface area contributed by atoms with Gasteiger partial charge in [-0.3, -0.25) is 4.79 Å². The third-order valence-electron chi connectivity index (χ3n) is 5.84. The second-order valence-electron chi connectivity index (χ2n) is 9.19. The lowest BCUT2D eigenvalue weighted by atomic mass is 9.72. The first-order valence-corrected chi connectivity index (χ1v) is 12.8. The second-order valence-corrected chi connectivity index (χ2v) is 11.5. The molecule has 1 aliphatic rings. The van der Waals surface area contributed by atoms with E-state index >= 15 is 0 Å². The second kappa shape index (κ2) is 10.2. The molecule has 1 aromatic heterocycles. The summed E-state index contributed by atoms with van der Waals surface area (Å²) in [5, 5.41) is 3.68. The highest BCUT2D eigenvalue weighted by Crippen LogP contribution is 2.44. The molecule has 1 heterocycles. The molecule has 0 bridgehead atoms. The number of carbonyl (C=O) groups is 2. The first-order valence-electron chi connectivity index (χ1n) is 11.0. The highest BCUT2D eigenvalue weighted by atomic mass is 32.2. The molecule has 2 aromatic rings. The van der Waals surface area contributed by atoms with Crippen molar-refractivity contribution in [2.24, 2.45) is 11.3 Å². The Morgan fingerprint density at radius 2 is 1.94 bits per heavy atom. The fourth-order valence-electron chi connectivity index (χ4n) is 3.92. The molecule has 168 valence electrons. The van der Waals surface area contributed by atoms with E-state index in [1.54, 1.807) is 23.1 Å². The van der Waals surface area contributed by atoms with Crippen molar-refractivity contribution in [1.29, 1.82) is 0 Å². The predicted molar refractivity (Wildman–Crippen MR) is 130 cm³/mol. The van der Waals surface area contributed by atoms with E-state index < -0.39 is 0 Å². The highest BCUT2D eigenvalue weighted by molar-refractivity contribution is 7.99. The maximum Gasteiger partial charge on any atom is 0.341 e. The van der Waals surface area contributed by atoms with Crippen LogP contribution in [0.3, 0.4) is 0 Å². The van der Waals surface area contributed by atoms with Crippen LogP contribution in [0.5, 0.6) is 0 Å². The van der Waals surface area contributed by atoms with E-state index in [1.165, 1.54) is 10.4 Å². The molecule has 1 aliphatic carbocycles. The average Bonchev–Trinajstić information content (AvgIpc) is 3.06. The Hall–Kier alpha value is -1.79. The largest absolute Gasteiger partial charge is 0.462 e. The molecule has 1 atom stereocenters. The molecule has 0 saturated carbocycles. The van der Waals surface area contributed by atoms with Gasteiger partial charge in [0.1, 0.15) is 5.00 Å². The van der Waals surface area contributed by atoms with Crippen LogP contribution in [0, 0.1) is 18.3 Å². The number of anilines is 1. The Kier molecular flexibility index (Phi) is 7.87. The highest BCUT2D eigenvalue weighted by Gasteiger charge is 2.34. The van der Waals surface area contributed by atoms with Gasteiger partial charge in [0.2, 0.25) is 5.91 Å². The van der Waals surface area contributed by atoms with Crippen LogP contribution in [-0.2, 0) is 22.4 Å². The summed E-state index contributed by atoms with van der Waals surface area (Å²) in [6, 6.07) is 8.32. The summed E-state index contributed by atoms with van der Waals surface area (Å²) in [7, 11) is 0. The summed E-state index contributed by atoms with van der Waals surface area (Å²) in [5.41, 5.74) is 3.11. The maximum absolute atomic E-state index is 12.7. The van der Waals surface area contributed by atoms with Gasteiger partial charge in [0.15, 0.2) is 0 Å². The molecule has 1 unspecified atom stereocenters. The van der Waals surface area contributed by atoms with Crippen molar-refractivity contribution >= 4 is 40.0 Å². The molecular formula is C25H33NO3S2. The number of hydrogen-bond acceptors (Lipinski definition) is 5. The van der Waals surface area contributed by atoms with Gasteiger partial charge in [0.05, 0.1) is 12.2 Å². The maximum atomic E-state index is 12.7. The number of aryl methyl sites for hydroxylation is 1. The van der Waals surface area contributed by atoms with Gasteiger partial charge in [0, 0.05) is 21.9 Å². The quantitative estimate of drug-likeness (QED) is 0.379. The van der Waals surface area contributed by atoms with Gasteiger partial charge in [-0.2, -0.15) is 0 Å². The van der Waals surface area contributed by atoms with Gasteiger partial charge in [0.25, 0.3) is 0 Å². The molecule has 1 amide bonds. The van der Waals surface area contributed by atoms with Crippen LogP contribution in [0.15, 0.2) is 29.2 Å². The van der Waals surface area contributed by atoms with Crippen molar-refractivity contribution in [2.45, 2.75) is 65.2 Å². The molecule has 0 spiro atoms. The van der Waals surface area contributed by atoms with E-state index in [0.717, 1.165) is 29.7 Å². The van der Waals surface area contributed by atoms with Gasteiger partial charge in [-0.25, -0.2) is 4.79 Å². The lowest BCUT2D eigenvalue weighted by Gasteiger charge is -2.33. The van der Waals surface area contributed by atoms with Gasteiger partial charge in [-0.05, 0) is 62.1 Å². The van der Waals surface area contributed by atoms with Crippen molar-refractivity contribution in [3.05, 3.63) is 45.8 Å². The van der Waals surface area contributed by atoms with E-state index in [-0.39, 0.29) is 17.3 Å². The monoisotopic (exact) mass is 459 g/mol. The molecule has 1 aromatic carbocycles. The number of benzene rings is 1. The van der Waals surface area contributed by atoms with Crippen molar-refractivity contribution < 1.29 is 14.3 Å². The van der Waals surface area contributed by atoms with Gasteiger partial charge in [-0.1, -0.05) is 38.5 Å². The minimum atomic E-state index is -0.321. The predicted octanol–water partition coefficient (Wildman–Crippen LogP) is 6.51. The lowest BCUT2D eigenvalue weighted by molar-refractivity contribution is -0.115. The zero-order valence-corrected chi connectivity index (χ0v) is 20.8. The fourth-order valence-corrected chi connectivity index (χ4v) is 6.10. The van der Waals surface area contributed by atoms with E-state index in [0.29, 0.717) is 35.3 Å². The number of esters is 1. The van der Waals surface area contributed by atoms with E-state index in [9.17, 15) is 9.59 Å². The number of ether oxygens (including phenoxy) is 1. The summed E-state index contributed by atoms with van der Waals surface area (Å²) in [6.07, 6.45) is 3.27. The number of hydrogen-bond donors (Lipinski definition) is 1. The first-order chi connectivity index (χ1) is 14.7. The SMILES string of the molecule is CCOC(=O)c1c(NC(=O)CCSc2ccc(C)cc2)sc2c1CCC(C(C)(C)C)C2. The van der Waals surface area contributed by atoms with Gasteiger partial charge >= 0.3 is 5.97 Å². The summed E-state index contributed by atoms with van der Waals surface area (Å²) in [4.78, 5) is 27.7. The molecule has 4 nitrogen and oxygen atoms in total. The van der Waals surface area contributed by atoms with Crippen LogP contribution < -0.4 is 5.32 Å². The molecule has 0 saturated heterocycles. The lowest BCUT2D eigenvalue weighted by Crippen LogP contribution is -2.26. The van der Waals surface area contributed by atoms with Gasteiger partial charge in [-0.15, -0.1) is 23.1 Å². The smallest absolute Gasteiger partial charge is 0.341 e. The molecule has 0 fully saturated rings. The Bertz CT molecular complexity index is 925. The topological polar surface area (TPSA) is 55.4 Å². The Balaban J connectivity index is 1.70. The Labute approximate surface area is 194 Å². The minimum absolute atomic E-state index is 0.0591. The van der Waals surface area contributed by atoms with Crippen LogP contribution in [0.4, 0.5) is 5.00 Å². The number of thiophene rings is 1. The average molecular weight is 460 g/mol. The standard InChI is InChI=1S/C25H33NO3S2/c1-6-29-24(28)22-19-12-9-17(25(3,4)5)15-20(19)31-23(22)26-21(27)13-14-30-18-10-7-16(2)8-11-18/h7-8,10-11,17H,6,9,12-15H2,1-5H3,(H,26,27). The Morgan fingerprint density at radius 1 is 1.23 bits per heavy atom. The third-order valence-corrected chi connectivity index (χ3v) is 8.02. The molecule has 31 heavy (non-hydrogen) atoms. The van der Waals surface area contributed by atoms with Crippen LogP contribution in [0.1, 0.15) is 66.9 Å². The Morgan fingerprint density at radius 3 is 2.58 bits per heavy atom. The normalized spacial score (nSPS) is 16.0. The van der Waals surface area contributed by atoms with Crippen LogP contribution >= 0.6 is 23.1 Å². The first kappa shape index (κ1) is 23.9. The van der Waals surface area contributed by atoms with Crippen molar-refractivity contribution in [3.8, 4) is 0 Å². The van der Waals surface area contributed by atoms with Crippen molar-refractivity contribution in [3.63, 3.8) is 0 Å². The van der Waals surface area contributed by atoms with E-state index in [2.05, 4.69) is 57.3 Å². The summed E-state index contributed by atoms with van der Waals surface area (Å²) in [5.74, 6) is 0.888. The number of amides is 1. The van der Waals surface area contributed by atoms with E-state index in [1.807, 2.05) is 6.92 Å². The number of nitrogens with one attached hydrogen (secondary N) is 1. The number of fused-ring (bicyclic) bond motifs is 1. The molecular weight excluding hydrogens is 426 g/mol. The zero-order valence-electron chi connectivity index (χ0n) is 19.2. The minimum Gasteiger partial charge on any atom is -0.462 e. The third kappa shape index (κ3) is 6.13. The molecule has 1 N–H and O–H groups in total. The summed E-state index contributed by atoms with van der Waals surface area (Å²) in [6.45, 7) is 11.0. The number of thioether (sulfide) groups is 1. The van der Waals surface area contributed by atoms with Crippen molar-refractivity contribution in [2.75, 3.05) is 17.7 Å². The molecule has 0 aliphatic heterocycles. The summed E-state index contributed by atoms with van der Waals surface area (Å²) < 4.78 is 5.33. The van der Waals surface area contributed by atoms with E-state index in [4.69, 9.17) is 4.74 Å².